The van der Waals surface area contributed by atoms with Gasteiger partial charge in [-0.1, -0.05) is 32.0 Å². The molecule has 4 nitrogen and oxygen atoms in total. The van der Waals surface area contributed by atoms with Gasteiger partial charge in [-0.3, -0.25) is 9.69 Å². The molecule has 0 radical (unpaired) electrons. The second kappa shape index (κ2) is 6.48. The third-order valence-electron chi connectivity index (χ3n) is 3.48. The molecule has 0 saturated heterocycles. The first-order valence-electron chi connectivity index (χ1n) is 6.95. The van der Waals surface area contributed by atoms with E-state index in [2.05, 4.69) is 4.98 Å². The summed E-state index contributed by atoms with van der Waals surface area (Å²) in [7, 11) is 0. The zero-order valence-electron chi connectivity index (χ0n) is 11.9. The first kappa shape index (κ1) is 14.5. The van der Waals surface area contributed by atoms with Crippen LogP contribution in [0.4, 0.5) is 5.82 Å². The number of carbonyl (C=O) groups is 1. The number of para-hydroxylation sites is 1. The second-order valence-electron chi connectivity index (χ2n) is 4.88. The van der Waals surface area contributed by atoms with Gasteiger partial charge in [0.05, 0.1) is 18.7 Å². The van der Waals surface area contributed by atoms with Crippen molar-refractivity contribution in [1.29, 1.82) is 0 Å². The van der Waals surface area contributed by atoms with Gasteiger partial charge in [0.2, 0.25) is 5.91 Å². The number of nitrogens with zero attached hydrogens (tertiary/aromatic N) is 2. The first-order valence-corrected chi connectivity index (χ1v) is 6.95. The third kappa shape index (κ3) is 2.96. The number of aliphatic hydroxyl groups is 1. The number of pyridine rings is 1. The number of aliphatic hydroxyl groups excluding tert-OH is 1. The van der Waals surface area contributed by atoms with Crippen molar-refractivity contribution in [3.63, 3.8) is 0 Å². The second-order valence-corrected chi connectivity index (χ2v) is 4.88. The molecular formula is C16H20N2O2. The van der Waals surface area contributed by atoms with Crippen molar-refractivity contribution >= 4 is 22.6 Å². The lowest BCUT2D eigenvalue weighted by molar-refractivity contribution is -0.122. The van der Waals surface area contributed by atoms with Crippen LogP contribution in [-0.4, -0.2) is 29.1 Å². The number of anilines is 1. The van der Waals surface area contributed by atoms with Crippen molar-refractivity contribution in [2.45, 2.75) is 20.3 Å². The maximum Gasteiger partial charge on any atom is 0.231 e. The van der Waals surface area contributed by atoms with Gasteiger partial charge in [0, 0.05) is 11.3 Å². The fourth-order valence-electron chi connectivity index (χ4n) is 2.08. The van der Waals surface area contributed by atoms with Crippen molar-refractivity contribution in [3.05, 3.63) is 36.4 Å². The number of amides is 1. The number of hydrogen-bond donors (Lipinski definition) is 1. The van der Waals surface area contributed by atoms with E-state index in [4.69, 9.17) is 0 Å². The molecule has 2 aromatic rings. The molecule has 1 amide bonds. The minimum atomic E-state index is -0.0742. The SMILES string of the molecule is CCC(C)C(=O)N(CCO)c1ccc2ccccc2n1. The average Bonchev–Trinajstić information content (AvgIpc) is 2.50. The lowest BCUT2D eigenvalue weighted by Gasteiger charge is -2.24. The molecule has 0 bridgehead atoms. The highest BCUT2D eigenvalue weighted by atomic mass is 16.3. The van der Waals surface area contributed by atoms with E-state index in [1.165, 1.54) is 0 Å². The lowest BCUT2D eigenvalue weighted by atomic mass is 10.1. The van der Waals surface area contributed by atoms with Gasteiger partial charge in [-0.2, -0.15) is 0 Å². The Morgan fingerprint density at radius 3 is 2.75 bits per heavy atom. The molecule has 106 valence electrons. The molecule has 0 spiro atoms. The fourth-order valence-corrected chi connectivity index (χ4v) is 2.08. The summed E-state index contributed by atoms with van der Waals surface area (Å²) in [5.74, 6) is 0.530. The predicted molar refractivity (Wildman–Crippen MR) is 80.6 cm³/mol. The molecule has 0 aliphatic heterocycles. The van der Waals surface area contributed by atoms with Gasteiger partial charge in [-0.25, -0.2) is 4.98 Å². The molecular weight excluding hydrogens is 252 g/mol. The molecule has 1 aromatic heterocycles. The molecule has 1 heterocycles. The molecule has 1 aromatic carbocycles. The van der Waals surface area contributed by atoms with E-state index in [-0.39, 0.29) is 25.0 Å². The van der Waals surface area contributed by atoms with Gasteiger partial charge in [-0.05, 0) is 24.6 Å². The summed E-state index contributed by atoms with van der Waals surface area (Å²) in [5.41, 5.74) is 0.852. The largest absolute Gasteiger partial charge is 0.395 e. The Balaban J connectivity index is 2.38. The maximum atomic E-state index is 12.4. The molecule has 0 fully saturated rings. The van der Waals surface area contributed by atoms with Crippen LogP contribution in [-0.2, 0) is 4.79 Å². The Morgan fingerprint density at radius 2 is 2.05 bits per heavy atom. The summed E-state index contributed by atoms with van der Waals surface area (Å²) in [4.78, 5) is 18.5. The molecule has 20 heavy (non-hydrogen) atoms. The number of carbonyl (C=O) groups excluding carboxylic acids is 1. The van der Waals surface area contributed by atoms with Crippen LogP contribution in [0.1, 0.15) is 20.3 Å². The highest BCUT2D eigenvalue weighted by Crippen LogP contribution is 2.20. The van der Waals surface area contributed by atoms with Crippen molar-refractivity contribution in [2.75, 3.05) is 18.1 Å². The molecule has 1 unspecified atom stereocenters. The van der Waals surface area contributed by atoms with Gasteiger partial charge >= 0.3 is 0 Å². The zero-order valence-corrected chi connectivity index (χ0v) is 11.9. The van der Waals surface area contributed by atoms with Crippen molar-refractivity contribution in [2.24, 2.45) is 5.92 Å². The summed E-state index contributed by atoms with van der Waals surface area (Å²) in [6.45, 7) is 4.08. The average molecular weight is 272 g/mol. The summed E-state index contributed by atoms with van der Waals surface area (Å²) in [6.07, 6.45) is 0.772. The van der Waals surface area contributed by atoms with Gasteiger partial charge < -0.3 is 5.11 Å². The maximum absolute atomic E-state index is 12.4. The number of fused-ring (bicyclic) bond motifs is 1. The molecule has 0 saturated carbocycles. The molecule has 4 heteroatoms. The quantitative estimate of drug-likeness (QED) is 0.910. The standard InChI is InChI=1S/C16H20N2O2/c1-3-12(2)16(20)18(10-11-19)15-9-8-13-6-4-5-7-14(13)17-15/h4-9,12,19H,3,10-11H2,1-2H3. The normalized spacial score (nSPS) is 12.3. The smallest absolute Gasteiger partial charge is 0.231 e. The molecule has 2 rings (SSSR count). The molecule has 1 atom stereocenters. The van der Waals surface area contributed by atoms with E-state index in [0.717, 1.165) is 17.3 Å². The lowest BCUT2D eigenvalue weighted by Crippen LogP contribution is -2.37. The van der Waals surface area contributed by atoms with E-state index in [9.17, 15) is 9.90 Å². The Labute approximate surface area is 119 Å². The topological polar surface area (TPSA) is 53.4 Å². The Morgan fingerprint density at radius 1 is 1.30 bits per heavy atom. The van der Waals surface area contributed by atoms with Crippen molar-refractivity contribution < 1.29 is 9.90 Å². The monoisotopic (exact) mass is 272 g/mol. The van der Waals surface area contributed by atoms with Crippen LogP contribution < -0.4 is 4.90 Å². The van der Waals surface area contributed by atoms with Crippen molar-refractivity contribution in [1.82, 2.24) is 4.98 Å². The molecule has 1 N–H and O–H groups in total. The van der Waals surface area contributed by atoms with E-state index < -0.39 is 0 Å². The van der Waals surface area contributed by atoms with Crippen LogP contribution in [0.15, 0.2) is 36.4 Å². The zero-order chi connectivity index (χ0) is 14.5. The van der Waals surface area contributed by atoms with Crippen molar-refractivity contribution in [3.8, 4) is 0 Å². The van der Waals surface area contributed by atoms with E-state index in [1.54, 1.807) is 4.90 Å². The number of rotatable bonds is 5. The van der Waals surface area contributed by atoms with Gasteiger partial charge in [0.25, 0.3) is 0 Å². The van der Waals surface area contributed by atoms with Gasteiger partial charge in [0.1, 0.15) is 5.82 Å². The minimum absolute atomic E-state index is 0.00401. The van der Waals surface area contributed by atoms with Gasteiger partial charge in [-0.15, -0.1) is 0 Å². The summed E-state index contributed by atoms with van der Waals surface area (Å²) in [6, 6.07) is 11.6. The third-order valence-corrected chi connectivity index (χ3v) is 3.48. The van der Waals surface area contributed by atoms with Crippen LogP contribution in [0.2, 0.25) is 0 Å². The van der Waals surface area contributed by atoms with E-state index >= 15 is 0 Å². The molecule has 0 aliphatic rings. The summed E-state index contributed by atoms with van der Waals surface area (Å²) < 4.78 is 0. The minimum Gasteiger partial charge on any atom is -0.395 e. The Hall–Kier alpha value is -1.94. The van der Waals surface area contributed by atoms with Crippen LogP contribution in [0, 0.1) is 5.92 Å². The fraction of sp³-hybridized carbons (Fsp3) is 0.375. The predicted octanol–water partition coefficient (Wildman–Crippen LogP) is 2.61. The molecule has 0 aliphatic carbocycles. The number of benzene rings is 1. The number of hydrogen-bond acceptors (Lipinski definition) is 3. The Kier molecular flexibility index (Phi) is 4.69. The van der Waals surface area contributed by atoms with Crippen LogP contribution >= 0.6 is 0 Å². The highest BCUT2D eigenvalue weighted by Gasteiger charge is 2.21. The van der Waals surface area contributed by atoms with Crippen LogP contribution in [0.3, 0.4) is 0 Å². The van der Waals surface area contributed by atoms with Crippen LogP contribution in [0.25, 0.3) is 10.9 Å². The summed E-state index contributed by atoms with van der Waals surface area (Å²) in [5, 5.41) is 10.2. The highest BCUT2D eigenvalue weighted by molar-refractivity contribution is 5.95. The number of aromatic nitrogens is 1. The van der Waals surface area contributed by atoms with Crippen LogP contribution in [0.5, 0.6) is 0 Å². The van der Waals surface area contributed by atoms with E-state index in [1.807, 2.05) is 50.2 Å². The summed E-state index contributed by atoms with van der Waals surface area (Å²) >= 11 is 0. The van der Waals surface area contributed by atoms with E-state index in [0.29, 0.717) is 5.82 Å². The Bertz CT molecular complexity index is 598. The van der Waals surface area contributed by atoms with Gasteiger partial charge in [0.15, 0.2) is 0 Å². The first-order chi connectivity index (χ1) is 9.67.